The monoisotopic (exact) mass is 805 g/mol. The number of rotatable bonds is 6. The Morgan fingerprint density at radius 2 is 0.540 bits per heavy atom. The number of hydrogen-bond acceptors (Lipinski definition) is 4. The van der Waals surface area contributed by atoms with Crippen molar-refractivity contribution in [1.29, 1.82) is 0 Å². The summed E-state index contributed by atoms with van der Waals surface area (Å²) in [5.41, 5.74) is 12.2. The van der Waals surface area contributed by atoms with Crippen LogP contribution in [0.25, 0.3) is 117 Å². The predicted octanol–water partition coefficient (Wildman–Crippen LogP) is 13.6. The van der Waals surface area contributed by atoms with Gasteiger partial charge in [0.2, 0.25) is 0 Å². The summed E-state index contributed by atoms with van der Waals surface area (Å²) in [7, 11) is 0. The highest BCUT2D eigenvalue weighted by Gasteiger charge is 2.22. The van der Waals surface area contributed by atoms with Crippen LogP contribution in [0.1, 0.15) is 0 Å². The minimum atomic E-state index is 0.750. The molecule has 13 rings (SSSR count). The summed E-state index contributed by atoms with van der Waals surface area (Å²) in [6, 6.07) is 73.9. The zero-order valence-corrected chi connectivity index (χ0v) is 33.8. The predicted molar refractivity (Wildman–Crippen MR) is 257 cm³/mol. The lowest BCUT2D eigenvalue weighted by molar-refractivity contribution is 1.02. The van der Waals surface area contributed by atoms with Crippen LogP contribution in [0.2, 0.25) is 0 Å². The van der Waals surface area contributed by atoms with Gasteiger partial charge >= 0.3 is 0 Å². The molecule has 0 atom stereocenters. The second kappa shape index (κ2) is 13.9. The van der Waals surface area contributed by atoms with Crippen molar-refractivity contribution >= 4 is 65.4 Å². The molecule has 0 radical (unpaired) electrons. The van der Waals surface area contributed by atoms with E-state index in [2.05, 4.69) is 184 Å². The van der Waals surface area contributed by atoms with Crippen molar-refractivity contribution in [2.75, 3.05) is 0 Å². The van der Waals surface area contributed by atoms with Crippen LogP contribution in [0.5, 0.6) is 0 Å². The maximum absolute atomic E-state index is 5.58. The molecule has 0 amide bonds. The van der Waals surface area contributed by atoms with E-state index >= 15 is 0 Å². The lowest BCUT2D eigenvalue weighted by atomic mass is 10.1. The largest absolute Gasteiger partial charge is 0.306 e. The first-order chi connectivity index (χ1) is 31.3. The van der Waals surface area contributed by atoms with Crippen molar-refractivity contribution in [2.45, 2.75) is 0 Å². The highest BCUT2D eigenvalue weighted by molar-refractivity contribution is 6.12. The van der Waals surface area contributed by atoms with Crippen LogP contribution in [0.15, 0.2) is 212 Å². The number of fused-ring (bicyclic) bond motifs is 9. The summed E-state index contributed by atoms with van der Waals surface area (Å²) >= 11 is 0. The highest BCUT2D eigenvalue weighted by atomic mass is 15.1. The third kappa shape index (κ3) is 5.46. The van der Waals surface area contributed by atoms with Crippen molar-refractivity contribution in [3.05, 3.63) is 212 Å². The third-order valence-corrected chi connectivity index (χ3v) is 12.3. The molecule has 6 aromatic carbocycles. The van der Waals surface area contributed by atoms with E-state index in [0.29, 0.717) is 0 Å². The molecule has 294 valence electrons. The van der Waals surface area contributed by atoms with Crippen LogP contribution in [-0.2, 0) is 0 Å². The van der Waals surface area contributed by atoms with E-state index in [-0.39, 0.29) is 0 Å². The molecule has 0 N–H and O–H groups in total. The molecular formula is C56H35N7. The number of aromatic nitrogens is 7. The smallest absolute Gasteiger partial charge is 0.162 e. The van der Waals surface area contributed by atoms with Gasteiger partial charge in [0.25, 0.3) is 0 Å². The summed E-state index contributed by atoms with van der Waals surface area (Å²) in [5.74, 6) is 1.66. The van der Waals surface area contributed by atoms with Gasteiger partial charge in [-0.2, -0.15) is 0 Å². The minimum absolute atomic E-state index is 0.750. The fraction of sp³-hybridized carbons (Fsp3) is 0. The Morgan fingerprint density at radius 1 is 0.222 bits per heavy atom. The molecule has 0 spiro atoms. The molecule has 0 unspecified atom stereocenters. The average Bonchev–Trinajstić information content (AvgIpc) is 4.00. The fourth-order valence-electron chi connectivity index (χ4n) is 9.56. The van der Waals surface area contributed by atoms with Crippen molar-refractivity contribution in [1.82, 2.24) is 33.6 Å². The van der Waals surface area contributed by atoms with Crippen LogP contribution in [0, 0.1) is 0 Å². The van der Waals surface area contributed by atoms with Gasteiger partial charge in [0, 0.05) is 32.3 Å². The van der Waals surface area contributed by atoms with Crippen LogP contribution < -0.4 is 0 Å². The Morgan fingerprint density at radius 3 is 0.952 bits per heavy atom. The molecule has 13 aromatic rings. The molecule has 7 aromatic heterocycles. The lowest BCUT2D eigenvalue weighted by Crippen LogP contribution is -2.07. The van der Waals surface area contributed by atoms with Gasteiger partial charge in [-0.05, 0) is 84.9 Å². The van der Waals surface area contributed by atoms with E-state index in [1.807, 2.05) is 42.5 Å². The van der Waals surface area contributed by atoms with E-state index in [1.165, 1.54) is 32.3 Å². The topological polar surface area (TPSA) is 66.3 Å². The van der Waals surface area contributed by atoms with E-state index in [4.69, 9.17) is 19.9 Å². The molecule has 7 nitrogen and oxygen atoms in total. The van der Waals surface area contributed by atoms with Gasteiger partial charge in [0.05, 0.1) is 73.0 Å². The average molecular weight is 806 g/mol. The van der Waals surface area contributed by atoms with E-state index in [9.17, 15) is 0 Å². The Labute approximate surface area is 361 Å². The van der Waals surface area contributed by atoms with Gasteiger partial charge < -0.3 is 4.57 Å². The summed E-state index contributed by atoms with van der Waals surface area (Å²) in [4.78, 5) is 21.2. The van der Waals surface area contributed by atoms with Gasteiger partial charge in [-0.3, -0.25) is 9.13 Å². The number of hydrogen-bond donors (Lipinski definition) is 0. The Balaban J connectivity index is 0.953. The highest BCUT2D eigenvalue weighted by Crippen LogP contribution is 2.39. The maximum atomic E-state index is 5.58. The maximum Gasteiger partial charge on any atom is 0.162 e. The molecule has 63 heavy (non-hydrogen) atoms. The van der Waals surface area contributed by atoms with Crippen molar-refractivity contribution in [2.24, 2.45) is 0 Å². The molecule has 7 heterocycles. The number of para-hydroxylation sites is 6. The van der Waals surface area contributed by atoms with Crippen LogP contribution >= 0.6 is 0 Å². The van der Waals surface area contributed by atoms with Gasteiger partial charge in [0.15, 0.2) is 5.82 Å². The van der Waals surface area contributed by atoms with Gasteiger partial charge in [-0.1, -0.05) is 127 Å². The molecular weight excluding hydrogens is 771 g/mol. The zero-order valence-electron chi connectivity index (χ0n) is 33.8. The minimum Gasteiger partial charge on any atom is -0.306 e. The Bertz CT molecular complexity index is 3790. The van der Waals surface area contributed by atoms with Crippen molar-refractivity contribution in [3.8, 4) is 51.5 Å². The second-order valence-corrected chi connectivity index (χ2v) is 15.8. The van der Waals surface area contributed by atoms with E-state index < -0.39 is 0 Å². The molecule has 0 aliphatic heterocycles. The Hall–Kier alpha value is -8.68. The third-order valence-electron chi connectivity index (χ3n) is 12.3. The molecule has 0 fully saturated rings. The normalized spacial score (nSPS) is 11.8. The molecule has 0 saturated carbocycles. The number of benzene rings is 6. The lowest BCUT2D eigenvalue weighted by Gasteiger charge is -2.17. The molecule has 0 aliphatic rings. The SMILES string of the molecule is c1cc(-c2cccc(-c3ccc(-n4c5ccccc5c5ccccc54)c(-n4c5ccccc5c5ccccc54)n3)n2)nc(-c2cccc(-n3c4ccccc4c4ccccc43)n2)c1. The van der Waals surface area contributed by atoms with E-state index in [0.717, 1.165) is 84.6 Å². The molecule has 0 saturated heterocycles. The standard InChI is InChI=1S/C56H35N7/c1-7-27-48-36(16-1)37-17-2-8-28-49(37)61(48)54-35-34-47(60-56(54)63-52-31-11-5-20-40(52)41-21-6-12-32-53(41)63)45-25-14-23-43(58-45)42-22-13-24-44(57-42)46-26-15-33-55(59-46)62-50-29-9-3-18-38(50)39-19-4-10-30-51(39)62/h1-35H. The summed E-state index contributed by atoms with van der Waals surface area (Å²) in [5, 5.41) is 7.14. The van der Waals surface area contributed by atoms with Gasteiger partial charge in [-0.25, -0.2) is 19.9 Å². The van der Waals surface area contributed by atoms with Crippen LogP contribution in [-0.4, -0.2) is 33.6 Å². The van der Waals surface area contributed by atoms with E-state index in [1.54, 1.807) is 0 Å². The molecule has 0 bridgehead atoms. The quantitative estimate of drug-likeness (QED) is 0.168. The first-order valence-electron chi connectivity index (χ1n) is 21.2. The first-order valence-corrected chi connectivity index (χ1v) is 21.2. The summed E-state index contributed by atoms with van der Waals surface area (Å²) in [6.45, 7) is 0. The number of pyridine rings is 4. The molecule has 7 heteroatoms. The van der Waals surface area contributed by atoms with Crippen LogP contribution in [0.4, 0.5) is 0 Å². The summed E-state index contributed by atoms with van der Waals surface area (Å²) < 4.78 is 6.89. The first kappa shape index (κ1) is 35.1. The van der Waals surface area contributed by atoms with Crippen molar-refractivity contribution in [3.63, 3.8) is 0 Å². The summed E-state index contributed by atoms with van der Waals surface area (Å²) in [6.07, 6.45) is 0. The fourth-order valence-corrected chi connectivity index (χ4v) is 9.56. The van der Waals surface area contributed by atoms with Crippen LogP contribution in [0.3, 0.4) is 0 Å². The zero-order chi connectivity index (χ0) is 41.4. The number of nitrogens with zero attached hydrogens (tertiary/aromatic N) is 7. The second-order valence-electron chi connectivity index (χ2n) is 15.8. The van der Waals surface area contributed by atoms with Gasteiger partial charge in [-0.15, -0.1) is 0 Å². The van der Waals surface area contributed by atoms with Gasteiger partial charge in [0.1, 0.15) is 5.82 Å². The Kier molecular flexibility index (Phi) is 7.77. The van der Waals surface area contributed by atoms with Crippen molar-refractivity contribution < 1.29 is 0 Å². The molecule has 0 aliphatic carbocycles.